The Morgan fingerprint density at radius 1 is 0.829 bits per heavy atom. The molecule has 0 saturated heterocycles. The van der Waals surface area contributed by atoms with Crippen molar-refractivity contribution < 1.29 is 38.0 Å². The number of carbonyl (C=O) groups excluding carboxylic acids is 2. The van der Waals surface area contributed by atoms with Crippen LogP contribution in [0.25, 0.3) is 6.08 Å². The van der Waals surface area contributed by atoms with Crippen molar-refractivity contribution in [3.8, 4) is 34.5 Å². The van der Waals surface area contributed by atoms with Gasteiger partial charge >= 0.3 is 5.97 Å². The van der Waals surface area contributed by atoms with Crippen LogP contribution in [0.15, 0.2) is 54.3 Å². The average Bonchev–Trinajstić information content (AvgIpc) is 3.20. The van der Waals surface area contributed by atoms with Gasteiger partial charge in [0.05, 0.1) is 39.6 Å². The Morgan fingerprint density at radius 2 is 1.49 bits per heavy atom. The van der Waals surface area contributed by atoms with E-state index in [-0.39, 0.29) is 22.9 Å². The Labute approximate surface area is 202 Å². The molecule has 8 heteroatoms. The van der Waals surface area contributed by atoms with Crippen LogP contribution in [0.5, 0.6) is 34.5 Å². The normalized spacial score (nSPS) is 13.2. The first kappa shape index (κ1) is 23.7. The fourth-order valence-electron chi connectivity index (χ4n) is 3.76. The van der Waals surface area contributed by atoms with Gasteiger partial charge in [0.15, 0.2) is 17.3 Å². The summed E-state index contributed by atoms with van der Waals surface area (Å²) in [6, 6.07) is 13.4. The Bertz CT molecular complexity index is 1310. The van der Waals surface area contributed by atoms with E-state index in [1.165, 1.54) is 33.5 Å². The lowest BCUT2D eigenvalue weighted by molar-refractivity contribution is 0.0732. The van der Waals surface area contributed by atoms with Gasteiger partial charge in [0, 0.05) is 11.1 Å². The molecule has 0 saturated carbocycles. The summed E-state index contributed by atoms with van der Waals surface area (Å²) in [5.41, 5.74) is 1.81. The first-order chi connectivity index (χ1) is 16.9. The summed E-state index contributed by atoms with van der Waals surface area (Å²) in [6.07, 6.45) is 1.63. The molecule has 0 atom stereocenters. The molecule has 0 aromatic heterocycles. The second kappa shape index (κ2) is 9.80. The van der Waals surface area contributed by atoms with Crippen LogP contribution in [0.2, 0.25) is 0 Å². The first-order valence-electron chi connectivity index (χ1n) is 10.6. The highest BCUT2D eigenvalue weighted by molar-refractivity contribution is 6.15. The molecule has 8 nitrogen and oxygen atoms in total. The minimum Gasteiger partial charge on any atom is -0.496 e. The summed E-state index contributed by atoms with van der Waals surface area (Å²) in [7, 11) is 5.95. The molecule has 0 aliphatic carbocycles. The van der Waals surface area contributed by atoms with E-state index < -0.39 is 5.97 Å². The molecule has 0 spiro atoms. The van der Waals surface area contributed by atoms with Crippen LogP contribution >= 0.6 is 0 Å². The number of ether oxygens (including phenoxy) is 6. The van der Waals surface area contributed by atoms with Gasteiger partial charge in [-0.3, -0.25) is 4.79 Å². The monoisotopic (exact) mass is 476 g/mol. The summed E-state index contributed by atoms with van der Waals surface area (Å²) in [5.74, 6) is 1.47. The molecule has 4 rings (SSSR count). The van der Waals surface area contributed by atoms with Crippen molar-refractivity contribution in [3.63, 3.8) is 0 Å². The lowest BCUT2D eigenvalue weighted by atomic mass is 10.1. The fourth-order valence-corrected chi connectivity index (χ4v) is 3.76. The van der Waals surface area contributed by atoms with Gasteiger partial charge in [0.2, 0.25) is 11.5 Å². The van der Waals surface area contributed by atoms with Crippen molar-refractivity contribution in [2.75, 3.05) is 28.4 Å². The molecule has 1 heterocycles. The SMILES string of the molecule is COc1ccccc1/C=C1\Oc2c(ccc(OC(=O)c3cc(OC)c(OC)c(OC)c3)c2C)C1=O. The van der Waals surface area contributed by atoms with Gasteiger partial charge in [-0.05, 0) is 43.3 Å². The second-order valence-electron chi connectivity index (χ2n) is 7.55. The molecule has 180 valence electrons. The Hall–Kier alpha value is -4.46. The highest BCUT2D eigenvalue weighted by Crippen LogP contribution is 2.41. The predicted molar refractivity (Wildman–Crippen MR) is 128 cm³/mol. The van der Waals surface area contributed by atoms with Gasteiger partial charge in [-0.25, -0.2) is 4.79 Å². The molecule has 1 aliphatic heterocycles. The molecule has 3 aromatic rings. The van der Waals surface area contributed by atoms with Crippen LogP contribution in [0.4, 0.5) is 0 Å². The van der Waals surface area contributed by atoms with Crippen molar-refractivity contribution >= 4 is 17.8 Å². The van der Waals surface area contributed by atoms with Crippen LogP contribution in [0.1, 0.15) is 31.8 Å². The molecule has 35 heavy (non-hydrogen) atoms. The third kappa shape index (κ3) is 4.38. The minimum atomic E-state index is -0.638. The van der Waals surface area contributed by atoms with Crippen LogP contribution in [-0.4, -0.2) is 40.2 Å². The highest BCUT2D eigenvalue weighted by atomic mass is 16.5. The molecule has 1 aliphatic rings. The summed E-state index contributed by atoms with van der Waals surface area (Å²) < 4.78 is 32.8. The summed E-state index contributed by atoms with van der Waals surface area (Å²) in [4.78, 5) is 25.9. The second-order valence-corrected chi connectivity index (χ2v) is 7.55. The van der Waals surface area contributed by atoms with Gasteiger partial charge in [-0.1, -0.05) is 18.2 Å². The topological polar surface area (TPSA) is 89.5 Å². The van der Waals surface area contributed by atoms with Gasteiger partial charge in [-0.15, -0.1) is 0 Å². The number of ketones is 1. The van der Waals surface area contributed by atoms with Gasteiger partial charge < -0.3 is 28.4 Å². The molecule has 0 fully saturated rings. The third-order valence-corrected chi connectivity index (χ3v) is 5.57. The van der Waals surface area contributed by atoms with E-state index in [1.54, 1.807) is 38.3 Å². The van der Waals surface area contributed by atoms with Crippen molar-refractivity contribution in [1.82, 2.24) is 0 Å². The number of rotatable bonds is 7. The Kier molecular flexibility index (Phi) is 6.64. The number of Topliss-reactive ketones (excluding diaryl/α,β-unsaturated/α-hetero) is 1. The number of hydrogen-bond acceptors (Lipinski definition) is 8. The lowest BCUT2D eigenvalue weighted by Gasteiger charge is -2.14. The molecule has 0 radical (unpaired) electrons. The van der Waals surface area contributed by atoms with Crippen molar-refractivity contribution in [2.45, 2.75) is 6.92 Å². The summed E-state index contributed by atoms with van der Waals surface area (Å²) >= 11 is 0. The maximum atomic E-state index is 12.9. The minimum absolute atomic E-state index is 0.153. The number of fused-ring (bicyclic) bond motifs is 1. The van der Waals surface area contributed by atoms with Crippen LogP contribution < -0.4 is 28.4 Å². The van der Waals surface area contributed by atoms with Crippen LogP contribution in [-0.2, 0) is 0 Å². The van der Waals surface area contributed by atoms with E-state index in [1.807, 2.05) is 18.2 Å². The van der Waals surface area contributed by atoms with E-state index in [2.05, 4.69) is 0 Å². The number of para-hydroxylation sites is 1. The van der Waals surface area contributed by atoms with Gasteiger partial charge in [0.1, 0.15) is 17.2 Å². The number of hydrogen-bond donors (Lipinski definition) is 0. The van der Waals surface area contributed by atoms with E-state index in [9.17, 15) is 9.59 Å². The number of benzene rings is 3. The average molecular weight is 476 g/mol. The van der Waals surface area contributed by atoms with E-state index >= 15 is 0 Å². The van der Waals surface area contributed by atoms with Crippen molar-refractivity contribution in [1.29, 1.82) is 0 Å². The van der Waals surface area contributed by atoms with E-state index in [4.69, 9.17) is 28.4 Å². The van der Waals surface area contributed by atoms with Gasteiger partial charge in [-0.2, -0.15) is 0 Å². The predicted octanol–water partition coefficient (Wildman–Crippen LogP) is 4.86. The molecule has 0 N–H and O–H groups in total. The number of carbonyl (C=O) groups is 2. The molecule has 0 amide bonds. The summed E-state index contributed by atoms with van der Waals surface area (Å²) in [5, 5.41) is 0. The maximum absolute atomic E-state index is 12.9. The Balaban J connectivity index is 1.63. The standard InChI is InChI=1S/C27H24O8/c1-15-19(35-27(29)17-13-22(31-3)26(33-5)23(14-17)32-4)11-10-18-24(28)21(34-25(15)18)12-16-8-6-7-9-20(16)30-2/h6-14H,1-5H3/b21-12-. The molecule has 3 aromatic carbocycles. The summed E-state index contributed by atoms with van der Waals surface area (Å²) in [6.45, 7) is 1.72. The van der Waals surface area contributed by atoms with E-state index in [0.717, 1.165) is 0 Å². The molecule has 0 bridgehead atoms. The smallest absolute Gasteiger partial charge is 0.343 e. The third-order valence-electron chi connectivity index (χ3n) is 5.57. The zero-order chi connectivity index (χ0) is 25.1. The fraction of sp³-hybridized carbons (Fsp3) is 0.185. The van der Waals surface area contributed by atoms with Gasteiger partial charge in [0.25, 0.3) is 0 Å². The van der Waals surface area contributed by atoms with Crippen molar-refractivity contribution in [2.24, 2.45) is 0 Å². The highest BCUT2D eigenvalue weighted by Gasteiger charge is 2.31. The molecular weight excluding hydrogens is 452 g/mol. The molecule has 0 unspecified atom stereocenters. The number of allylic oxidation sites excluding steroid dienone is 1. The molecular formula is C27H24O8. The Morgan fingerprint density at radius 3 is 2.11 bits per heavy atom. The van der Waals surface area contributed by atoms with E-state index in [0.29, 0.717) is 45.4 Å². The maximum Gasteiger partial charge on any atom is 0.343 e. The van der Waals surface area contributed by atoms with Crippen molar-refractivity contribution in [3.05, 3.63) is 76.5 Å². The quantitative estimate of drug-likeness (QED) is 0.271. The number of esters is 1. The zero-order valence-corrected chi connectivity index (χ0v) is 20.0. The zero-order valence-electron chi connectivity index (χ0n) is 20.0. The largest absolute Gasteiger partial charge is 0.496 e. The number of methoxy groups -OCH3 is 4. The first-order valence-corrected chi connectivity index (χ1v) is 10.6. The van der Waals surface area contributed by atoms with Crippen LogP contribution in [0, 0.1) is 6.92 Å². The lowest BCUT2D eigenvalue weighted by Crippen LogP contribution is -2.10. The van der Waals surface area contributed by atoms with Crippen LogP contribution in [0.3, 0.4) is 0 Å².